The maximum absolute atomic E-state index is 8.50. The highest BCUT2D eigenvalue weighted by atomic mass is 28.3. The second-order valence-electron chi connectivity index (χ2n) is 3.78. The van der Waals surface area contributed by atoms with E-state index < -0.39 is 8.07 Å². The highest BCUT2D eigenvalue weighted by molar-refractivity contribution is 6.83. The summed E-state index contributed by atoms with van der Waals surface area (Å²) in [6.07, 6.45) is 0. The van der Waals surface area contributed by atoms with Crippen LogP contribution in [0.3, 0.4) is 0 Å². The van der Waals surface area contributed by atoms with Crippen LogP contribution in [0.5, 0.6) is 0 Å². The molecule has 0 atom stereocenters. The zero-order valence-corrected chi connectivity index (χ0v) is 9.01. The van der Waals surface area contributed by atoms with Gasteiger partial charge in [0.25, 0.3) is 0 Å². The average Bonchev–Trinajstić information content (AvgIpc) is 2.47. The van der Waals surface area contributed by atoms with Crippen LogP contribution in [0.1, 0.15) is 11.5 Å². The molecule has 0 saturated carbocycles. The highest BCUT2D eigenvalue weighted by Gasteiger charge is 2.07. The SMILES string of the molecule is C[Si](C)(C)C#Cc1ccc(C#N)o1. The van der Waals surface area contributed by atoms with Crippen LogP contribution in [0.15, 0.2) is 16.5 Å². The summed E-state index contributed by atoms with van der Waals surface area (Å²) in [7, 11) is -1.34. The Bertz CT molecular complexity index is 395. The normalized spacial score (nSPS) is 10.0. The second-order valence-corrected chi connectivity index (χ2v) is 8.53. The summed E-state index contributed by atoms with van der Waals surface area (Å²) in [6, 6.07) is 5.28. The first-order valence-corrected chi connectivity index (χ1v) is 7.54. The van der Waals surface area contributed by atoms with Crippen LogP contribution >= 0.6 is 0 Å². The molecule has 1 rings (SSSR count). The van der Waals surface area contributed by atoms with Gasteiger partial charge >= 0.3 is 0 Å². The topological polar surface area (TPSA) is 36.9 Å². The van der Waals surface area contributed by atoms with Crippen molar-refractivity contribution in [1.82, 2.24) is 0 Å². The van der Waals surface area contributed by atoms with Gasteiger partial charge in [0.2, 0.25) is 5.76 Å². The van der Waals surface area contributed by atoms with Crippen LogP contribution in [0.4, 0.5) is 0 Å². The molecule has 0 aliphatic rings. The summed E-state index contributed by atoms with van der Waals surface area (Å²) in [5, 5.41) is 8.50. The van der Waals surface area contributed by atoms with Gasteiger partial charge in [-0.25, -0.2) is 0 Å². The maximum atomic E-state index is 8.50. The maximum Gasteiger partial charge on any atom is 0.205 e. The molecule has 0 fully saturated rings. The molecule has 13 heavy (non-hydrogen) atoms. The molecular weight excluding hydrogens is 178 g/mol. The summed E-state index contributed by atoms with van der Waals surface area (Å²) in [6.45, 7) is 6.48. The summed E-state index contributed by atoms with van der Waals surface area (Å²) in [5.41, 5.74) is 3.16. The van der Waals surface area contributed by atoms with Crippen molar-refractivity contribution in [3.63, 3.8) is 0 Å². The number of furan rings is 1. The third-order valence-corrected chi connectivity index (χ3v) is 2.15. The first-order chi connectivity index (χ1) is 6.01. The van der Waals surface area contributed by atoms with Crippen molar-refractivity contribution < 1.29 is 4.42 Å². The Morgan fingerprint density at radius 2 is 1.85 bits per heavy atom. The van der Waals surface area contributed by atoms with Crippen LogP contribution in [-0.2, 0) is 0 Å². The van der Waals surface area contributed by atoms with Crippen molar-refractivity contribution in [2.75, 3.05) is 0 Å². The van der Waals surface area contributed by atoms with Crippen molar-refractivity contribution in [1.29, 1.82) is 5.26 Å². The zero-order chi connectivity index (χ0) is 9.90. The number of hydrogen-bond donors (Lipinski definition) is 0. The first kappa shape index (κ1) is 9.63. The van der Waals surface area contributed by atoms with Gasteiger partial charge in [-0.3, -0.25) is 0 Å². The van der Waals surface area contributed by atoms with Crippen LogP contribution in [0, 0.1) is 22.8 Å². The van der Waals surface area contributed by atoms with Crippen LogP contribution in [-0.4, -0.2) is 8.07 Å². The largest absolute Gasteiger partial charge is 0.437 e. The summed E-state index contributed by atoms with van der Waals surface area (Å²) < 4.78 is 5.12. The van der Waals surface area contributed by atoms with E-state index in [1.165, 1.54) is 0 Å². The zero-order valence-electron chi connectivity index (χ0n) is 8.01. The Labute approximate surface area is 79.2 Å². The molecule has 2 nitrogen and oxygen atoms in total. The second kappa shape index (κ2) is 3.51. The van der Waals surface area contributed by atoms with Gasteiger partial charge in [-0.2, -0.15) is 5.26 Å². The fraction of sp³-hybridized carbons (Fsp3) is 0.300. The number of hydrogen-bond acceptors (Lipinski definition) is 2. The predicted octanol–water partition coefficient (Wildman–Crippen LogP) is 2.38. The molecule has 0 aliphatic heterocycles. The third kappa shape index (κ3) is 3.19. The summed E-state index contributed by atoms with van der Waals surface area (Å²) >= 11 is 0. The van der Waals surface area contributed by atoms with Crippen LogP contribution in [0.2, 0.25) is 19.6 Å². The Kier molecular flexibility index (Phi) is 2.60. The molecule has 0 radical (unpaired) electrons. The van der Waals surface area contributed by atoms with E-state index in [1.807, 2.05) is 6.07 Å². The smallest absolute Gasteiger partial charge is 0.205 e. The van der Waals surface area contributed by atoms with E-state index >= 15 is 0 Å². The average molecular weight is 189 g/mol. The lowest BCUT2D eigenvalue weighted by Gasteiger charge is -2.02. The third-order valence-electron chi connectivity index (χ3n) is 1.28. The monoisotopic (exact) mass is 189 g/mol. The first-order valence-electron chi connectivity index (χ1n) is 4.04. The molecule has 0 unspecified atom stereocenters. The lowest BCUT2D eigenvalue weighted by atomic mass is 10.4. The molecule has 1 heterocycles. The van der Waals surface area contributed by atoms with Crippen LogP contribution in [0.25, 0.3) is 0 Å². The minimum Gasteiger partial charge on any atom is -0.437 e. The van der Waals surface area contributed by atoms with Crippen molar-refractivity contribution in [3.8, 4) is 17.5 Å². The standard InChI is InChI=1S/C10H11NOSi/c1-13(2,3)7-6-9-4-5-10(8-11)12-9/h4-5H,1-3H3. The van der Waals surface area contributed by atoms with E-state index in [9.17, 15) is 0 Å². The van der Waals surface area contributed by atoms with Gasteiger partial charge in [-0.1, -0.05) is 19.6 Å². The number of nitriles is 1. The van der Waals surface area contributed by atoms with Crippen molar-refractivity contribution in [2.45, 2.75) is 19.6 Å². The van der Waals surface area contributed by atoms with Gasteiger partial charge in [0, 0.05) is 0 Å². The van der Waals surface area contributed by atoms with Gasteiger partial charge in [-0.15, -0.1) is 5.54 Å². The lowest BCUT2D eigenvalue weighted by Crippen LogP contribution is -2.16. The van der Waals surface area contributed by atoms with E-state index in [-0.39, 0.29) is 0 Å². The molecule has 0 bridgehead atoms. The van der Waals surface area contributed by atoms with Crippen molar-refractivity contribution >= 4 is 8.07 Å². The molecule has 1 aromatic heterocycles. The quantitative estimate of drug-likeness (QED) is 0.464. The number of rotatable bonds is 0. The van der Waals surface area contributed by atoms with Gasteiger partial charge in [0.1, 0.15) is 14.1 Å². The molecule has 3 heteroatoms. The molecule has 0 amide bonds. The van der Waals surface area contributed by atoms with Gasteiger partial charge in [-0.05, 0) is 18.1 Å². The van der Waals surface area contributed by atoms with Gasteiger partial charge in [0.15, 0.2) is 5.76 Å². The Morgan fingerprint density at radius 1 is 1.23 bits per heavy atom. The molecule has 1 aromatic rings. The fourth-order valence-corrected chi connectivity index (χ4v) is 1.21. The molecule has 0 saturated heterocycles. The van der Waals surface area contributed by atoms with E-state index in [0.717, 1.165) is 0 Å². The molecule has 0 aliphatic carbocycles. The molecule has 66 valence electrons. The fourth-order valence-electron chi connectivity index (χ4n) is 0.714. The molecular formula is C10H11NOSi. The summed E-state index contributed by atoms with van der Waals surface area (Å²) in [4.78, 5) is 0. The summed E-state index contributed by atoms with van der Waals surface area (Å²) in [5.74, 6) is 3.83. The Balaban J connectivity index is 2.86. The minimum absolute atomic E-state index is 0.319. The van der Waals surface area contributed by atoms with Gasteiger partial charge < -0.3 is 4.42 Å². The van der Waals surface area contributed by atoms with Crippen molar-refractivity contribution in [3.05, 3.63) is 23.7 Å². The Morgan fingerprint density at radius 3 is 2.31 bits per heavy atom. The molecule has 0 N–H and O–H groups in total. The molecule has 0 aromatic carbocycles. The van der Waals surface area contributed by atoms with Crippen LogP contribution < -0.4 is 0 Å². The van der Waals surface area contributed by atoms with Gasteiger partial charge in [0.05, 0.1) is 0 Å². The van der Waals surface area contributed by atoms with Crippen molar-refractivity contribution in [2.24, 2.45) is 0 Å². The lowest BCUT2D eigenvalue weighted by molar-refractivity contribution is 0.540. The predicted molar refractivity (Wildman–Crippen MR) is 53.6 cm³/mol. The highest BCUT2D eigenvalue weighted by Crippen LogP contribution is 2.05. The van der Waals surface area contributed by atoms with E-state index in [1.54, 1.807) is 12.1 Å². The number of nitrogens with zero attached hydrogens (tertiary/aromatic N) is 1. The molecule has 0 spiro atoms. The van der Waals surface area contributed by atoms with E-state index in [0.29, 0.717) is 11.5 Å². The van der Waals surface area contributed by atoms with E-state index in [2.05, 4.69) is 31.1 Å². The Hall–Kier alpha value is -1.45. The van der Waals surface area contributed by atoms with E-state index in [4.69, 9.17) is 9.68 Å². The minimum atomic E-state index is -1.34.